The van der Waals surface area contributed by atoms with Gasteiger partial charge in [0.1, 0.15) is 5.82 Å². The van der Waals surface area contributed by atoms with Gasteiger partial charge in [-0.05, 0) is 42.0 Å². The van der Waals surface area contributed by atoms with Crippen LogP contribution in [0.2, 0.25) is 5.02 Å². The Labute approximate surface area is 141 Å². The predicted octanol–water partition coefficient (Wildman–Crippen LogP) is 4.55. The van der Waals surface area contributed by atoms with Gasteiger partial charge < -0.3 is 5.11 Å². The third kappa shape index (κ3) is 5.23. The van der Waals surface area contributed by atoms with E-state index in [2.05, 4.69) is 0 Å². The van der Waals surface area contributed by atoms with Crippen molar-refractivity contribution in [3.05, 3.63) is 70.5 Å². The molecule has 0 saturated heterocycles. The third-order valence-electron chi connectivity index (χ3n) is 2.86. The number of carbonyl (C=O) groups is 2. The Hall–Kier alpha value is -2.11. The lowest BCUT2D eigenvalue weighted by Gasteiger charge is -2.03. The highest BCUT2D eigenvalue weighted by atomic mass is 35.5. The molecule has 0 amide bonds. The van der Waals surface area contributed by atoms with Gasteiger partial charge in [-0.15, -0.1) is 11.8 Å². The maximum Gasteiger partial charge on any atom is 0.313 e. The van der Waals surface area contributed by atoms with Crippen molar-refractivity contribution in [1.29, 1.82) is 0 Å². The molecule has 0 unspecified atom stereocenters. The van der Waals surface area contributed by atoms with Crippen LogP contribution in [0.4, 0.5) is 4.39 Å². The molecule has 2 aromatic carbocycles. The quantitative estimate of drug-likeness (QED) is 0.471. The SMILES string of the molecule is O=C(O)CSc1ccc(C(=O)/C=C/c2ccc(Cl)cc2)cc1F. The molecule has 23 heavy (non-hydrogen) atoms. The molecular weight excluding hydrogens is 339 g/mol. The number of rotatable bonds is 6. The molecule has 0 heterocycles. The molecule has 1 N–H and O–H groups in total. The van der Waals surface area contributed by atoms with E-state index in [-0.39, 0.29) is 22.0 Å². The van der Waals surface area contributed by atoms with Crippen molar-refractivity contribution in [1.82, 2.24) is 0 Å². The first-order chi connectivity index (χ1) is 11.0. The summed E-state index contributed by atoms with van der Waals surface area (Å²) in [6.45, 7) is 0. The fourth-order valence-electron chi connectivity index (χ4n) is 1.75. The molecule has 0 atom stereocenters. The Balaban J connectivity index is 2.08. The minimum Gasteiger partial charge on any atom is -0.481 e. The van der Waals surface area contributed by atoms with Crippen LogP contribution in [-0.2, 0) is 4.79 Å². The fourth-order valence-corrected chi connectivity index (χ4v) is 2.52. The normalized spacial score (nSPS) is 10.9. The van der Waals surface area contributed by atoms with Gasteiger partial charge in [-0.2, -0.15) is 0 Å². The Bertz CT molecular complexity index is 757. The maximum atomic E-state index is 13.9. The highest BCUT2D eigenvalue weighted by Crippen LogP contribution is 2.23. The van der Waals surface area contributed by atoms with Gasteiger partial charge in [0.05, 0.1) is 5.75 Å². The summed E-state index contributed by atoms with van der Waals surface area (Å²) < 4.78 is 13.9. The molecule has 0 spiro atoms. The minimum absolute atomic E-state index is 0.200. The third-order valence-corrected chi connectivity index (χ3v) is 4.15. The number of benzene rings is 2. The van der Waals surface area contributed by atoms with Crippen LogP contribution in [-0.4, -0.2) is 22.6 Å². The zero-order valence-electron chi connectivity index (χ0n) is 11.8. The summed E-state index contributed by atoms with van der Waals surface area (Å²) >= 11 is 6.65. The Morgan fingerprint density at radius 3 is 2.48 bits per heavy atom. The van der Waals surface area contributed by atoms with Crippen molar-refractivity contribution in [2.45, 2.75) is 4.90 Å². The average molecular weight is 351 g/mol. The monoisotopic (exact) mass is 350 g/mol. The number of hydrogen-bond donors (Lipinski definition) is 1. The van der Waals surface area contributed by atoms with Gasteiger partial charge in [0, 0.05) is 15.5 Å². The van der Waals surface area contributed by atoms with Crippen LogP contribution >= 0.6 is 23.4 Å². The largest absolute Gasteiger partial charge is 0.481 e. The first-order valence-electron chi connectivity index (χ1n) is 6.58. The van der Waals surface area contributed by atoms with Crippen molar-refractivity contribution >= 4 is 41.2 Å². The number of halogens is 2. The molecule has 0 aliphatic carbocycles. The summed E-state index contributed by atoms with van der Waals surface area (Å²) in [6, 6.07) is 10.9. The summed E-state index contributed by atoms with van der Waals surface area (Å²) in [6.07, 6.45) is 2.96. The number of carbonyl (C=O) groups excluding carboxylic acids is 1. The van der Waals surface area contributed by atoms with Crippen molar-refractivity contribution in [3.8, 4) is 0 Å². The number of carboxylic acid groups (broad SMARTS) is 1. The van der Waals surface area contributed by atoms with E-state index in [1.807, 2.05) is 0 Å². The molecule has 0 aromatic heterocycles. The number of ketones is 1. The standard InChI is InChI=1S/C17H12ClFO3S/c18-13-5-1-11(2-6-13)3-7-15(20)12-4-8-16(14(19)9-12)23-10-17(21)22/h1-9H,10H2,(H,21,22)/b7-3+. The smallest absolute Gasteiger partial charge is 0.313 e. The maximum absolute atomic E-state index is 13.9. The molecule has 2 aromatic rings. The van der Waals surface area contributed by atoms with E-state index in [1.54, 1.807) is 30.3 Å². The highest BCUT2D eigenvalue weighted by molar-refractivity contribution is 8.00. The Morgan fingerprint density at radius 1 is 1.17 bits per heavy atom. The topological polar surface area (TPSA) is 54.4 Å². The Kier molecular flexibility index (Phi) is 5.96. The molecule has 0 saturated carbocycles. The van der Waals surface area contributed by atoms with Gasteiger partial charge in [-0.1, -0.05) is 29.8 Å². The van der Waals surface area contributed by atoms with Crippen molar-refractivity contribution in [2.24, 2.45) is 0 Å². The van der Waals surface area contributed by atoms with E-state index in [0.717, 1.165) is 23.4 Å². The van der Waals surface area contributed by atoms with Gasteiger partial charge in [-0.25, -0.2) is 4.39 Å². The van der Waals surface area contributed by atoms with E-state index in [1.165, 1.54) is 18.2 Å². The van der Waals surface area contributed by atoms with Crippen LogP contribution in [0.5, 0.6) is 0 Å². The van der Waals surface area contributed by atoms with E-state index < -0.39 is 11.8 Å². The van der Waals surface area contributed by atoms with Crippen molar-refractivity contribution in [3.63, 3.8) is 0 Å². The van der Waals surface area contributed by atoms with E-state index in [0.29, 0.717) is 5.02 Å². The lowest BCUT2D eigenvalue weighted by Crippen LogP contribution is -2.00. The zero-order chi connectivity index (χ0) is 16.8. The highest BCUT2D eigenvalue weighted by Gasteiger charge is 2.09. The van der Waals surface area contributed by atoms with E-state index in [9.17, 15) is 14.0 Å². The molecule has 0 aliphatic heterocycles. The summed E-state index contributed by atoms with van der Waals surface area (Å²) in [5.41, 5.74) is 1.00. The first-order valence-corrected chi connectivity index (χ1v) is 7.94. The zero-order valence-corrected chi connectivity index (χ0v) is 13.4. The van der Waals surface area contributed by atoms with E-state index in [4.69, 9.17) is 16.7 Å². The number of carboxylic acids is 1. The van der Waals surface area contributed by atoms with Gasteiger partial charge in [0.15, 0.2) is 5.78 Å². The van der Waals surface area contributed by atoms with Gasteiger partial charge in [0.2, 0.25) is 0 Å². The van der Waals surface area contributed by atoms with Crippen LogP contribution < -0.4 is 0 Å². The number of allylic oxidation sites excluding steroid dienone is 1. The summed E-state index contributed by atoms with van der Waals surface area (Å²) in [4.78, 5) is 22.7. The molecule has 3 nitrogen and oxygen atoms in total. The minimum atomic E-state index is -1.03. The lowest BCUT2D eigenvalue weighted by atomic mass is 10.1. The molecule has 0 fully saturated rings. The van der Waals surface area contributed by atoms with E-state index >= 15 is 0 Å². The van der Waals surface area contributed by atoms with Crippen LogP contribution in [0, 0.1) is 5.82 Å². The molecule has 6 heteroatoms. The second-order valence-electron chi connectivity index (χ2n) is 4.58. The predicted molar refractivity (Wildman–Crippen MR) is 89.6 cm³/mol. The lowest BCUT2D eigenvalue weighted by molar-refractivity contribution is -0.133. The van der Waals surface area contributed by atoms with Crippen LogP contribution in [0.15, 0.2) is 53.4 Å². The number of thioether (sulfide) groups is 1. The van der Waals surface area contributed by atoms with Crippen LogP contribution in [0.3, 0.4) is 0 Å². The van der Waals surface area contributed by atoms with Crippen LogP contribution in [0.1, 0.15) is 15.9 Å². The summed E-state index contributed by atoms with van der Waals surface area (Å²) in [5, 5.41) is 9.19. The van der Waals surface area contributed by atoms with Gasteiger partial charge in [-0.3, -0.25) is 9.59 Å². The molecule has 0 radical (unpaired) electrons. The second kappa shape index (κ2) is 7.94. The number of hydrogen-bond acceptors (Lipinski definition) is 3. The van der Waals surface area contributed by atoms with Gasteiger partial charge >= 0.3 is 5.97 Å². The molecule has 2 rings (SSSR count). The van der Waals surface area contributed by atoms with Crippen molar-refractivity contribution < 1.29 is 19.1 Å². The molecule has 0 bridgehead atoms. The molecule has 0 aliphatic rings. The van der Waals surface area contributed by atoms with Crippen LogP contribution in [0.25, 0.3) is 6.08 Å². The second-order valence-corrected chi connectivity index (χ2v) is 6.03. The summed E-state index contributed by atoms with van der Waals surface area (Å²) in [7, 11) is 0. The van der Waals surface area contributed by atoms with Gasteiger partial charge in [0.25, 0.3) is 0 Å². The fraction of sp³-hybridized carbons (Fsp3) is 0.0588. The molecule has 118 valence electrons. The summed E-state index contributed by atoms with van der Waals surface area (Å²) in [5.74, 6) is -2.21. The number of aliphatic carboxylic acids is 1. The molecular formula is C17H12ClFO3S. The van der Waals surface area contributed by atoms with Crippen molar-refractivity contribution in [2.75, 3.05) is 5.75 Å². The Morgan fingerprint density at radius 2 is 1.87 bits per heavy atom. The average Bonchev–Trinajstić information content (AvgIpc) is 2.52. The first kappa shape index (κ1) is 17.2.